The third-order valence-corrected chi connectivity index (χ3v) is 3.32. The minimum atomic E-state index is -0.605. The van der Waals surface area contributed by atoms with Gasteiger partial charge < -0.3 is 10.5 Å². The Balaban J connectivity index is 2.10. The number of carbonyl (C=O) groups excluding carboxylic acids is 1. The van der Waals surface area contributed by atoms with Gasteiger partial charge in [-0.3, -0.25) is 4.68 Å². The standard InChI is InChI=1S/C13H13ClFN3O2/c1-7-12(14)11(18(2)17-7)6-20-13(19)8-3-4-9(15)10(16)5-8/h3-5H,6,16H2,1-2H3. The molecule has 1 heterocycles. The fraction of sp³-hybridized carbons (Fsp3) is 0.231. The number of nitrogens with zero attached hydrogens (tertiary/aromatic N) is 2. The van der Waals surface area contributed by atoms with E-state index in [1.807, 2.05) is 0 Å². The molecule has 0 bridgehead atoms. The molecule has 0 saturated carbocycles. The van der Waals surface area contributed by atoms with Gasteiger partial charge in [0.15, 0.2) is 0 Å². The van der Waals surface area contributed by atoms with Crippen molar-refractivity contribution >= 4 is 23.3 Å². The number of esters is 1. The molecular formula is C13H13ClFN3O2. The molecule has 0 atom stereocenters. The van der Waals surface area contributed by atoms with Crippen molar-refractivity contribution in [1.29, 1.82) is 0 Å². The molecule has 0 radical (unpaired) electrons. The van der Waals surface area contributed by atoms with Gasteiger partial charge in [0.05, 0.1) is 27.7 Å². The van der Waals surface area contributed by atoms with E-state index >= 15 is 0 Å². The first-order valence-corrected chi connectivity index (χ1v) is 6.18. The number of halogens is 2. The molecule has 0 unspecified atom stereocenters. The van der Waals surface area contributed by atoms with Gasteiger partial charge in [-0.25, -0.2) is 9.18 Å². The molecule has 2 aromatic rings. The summed E-state index contributed by atoms with van der Waals surface area (Å²) in [5.41, 5.74) is 6.72. The van der Waals surface area contributed by atoms with E-state index in [0.717, 1.165) is 6.07 Å². The van der Waals surface area contributed by atoms with Gasteiger partial charge >= 0.3 is 5.97 Å². The summed E-state index contributed by atoms with van der Waals surface area (Å²) in [7, 11) is 1.71. The highest BCUT2D eigenvalue weighted by Crippen LogP contribution is 2.21. The Morgan fingerprint density at radius 2 is 2.25 bits per heavy atom. The molecule has 2 N–H and O–H groups in total. The lowest BCUT2D eigenvalue weighted by molar-refractivity contribution is 0.0463. The number of hydrogen-bond donors (Lipinski definition) is 1. The number of benzene rings is 1. The molecule has 20 heavy (non-hydrogen) atoms. The Hall–Kier alpha value is -2.08. The number of hydrogen-bond acceptors (Lipinski definition) is 4. The minimum absolute atomic E-state index is 0.0215. The van der Waals surface area contributed by atoms with E-state index in [4.69, 9.17) is 22.1 Å². The Bertz CT molecular complexity index is 670. The van der Waals surface area contributed by atoms with Gasteiger partial charge in [0.2, 0.25) is 0 Å². The van der Waals surface area contributed by atoms with Crippen molar-refractivity contribution in [3.8, 4) is 0 Å². The van der Waals surface area contributed by atoms with E-state index in [1.54, 1.807) is 18.7 Å². The van der Waals surface area contributed by atoms with E-state index in [1.165, 1.54) is 12.1 Å². The predicted molar refractivity (Wildman–Crippen MR) is 72.9 cm³/mol. The fourth-order valence-electron chi connectivity index (χ4n) is 1.72. The van der Waals surface area contributed by atoms with Crippen molar-refractivity contribution in [3.05, 3.63) is 46.0 Å². The maximum absolute atomic E-state index is 13.0. The topological polar surface area (TPSA) is 70.1 Å². The fourth-order valence-corrected chi connectivity index (χ4v) is 1.94. The van der Waals surface area contributed by atoms with Crippen molar-refractivity contribution in [2.75, 3.05) is 5.73 Å². The Kier molecular flexibility index (Phi) is 3.94. The molecule has 2 rings (SSSR count). The van der Waals surface area contributed by atoms with Gasteiger partial charge in [0.25, 0.3) is 0 Å². The maximum atomic E-state index is 13.0. The highest BCUT2D eigenvalue weighted by atomic mass is 35.5. The van der Waals surface area contributed by atoms with Crippen LogP contribution in [0.25, 0.3) is 0 Å². The van der Waals surface area contributed by atoms with Gasteiger partial charge in [0.1, 0.15) is 12.4 Å². The molecule has 1 aromatic heterocycles. The number of nitrogen functional groups attached to an aromatic ring is 1. The second kappa shape index (κ2) is 5.50. The largest absolute Gasteiger partial charge is 0.456 e. The number of aromatic nitrogens is 2. The zero-order valence-corrected chi connectivity index (χ0v) is 11.7. The van der Waals surface area contributed by atoms with Crippen molar-refractivity contribution in [3.63, 3.8) is 0 Å². The monoisotopic (exact) mass is 297 g/mol. The lowest BCUT2D eigenvalue weighted by Gasteiger charge is -2.06. The van der Waals surface area contributed by atoms with Crippen LogP contribution < -0.4 is 5.73 Å². The molecule has 0 spiro atoms. The van der Waals surface area contributed by atoms with Crippen LogP contribution in [0, 0.1) is 12.7 Å². The van der Waals surface area contributed by atoms with Crippen LogP contribution in [0.5, 0.6) is 0 Å². The number of aryl methyl sites for hydroxylation is 2. The summed E-state index contributed by atoms with van der Waals surface area (Å²) < 4.78 is 19.7. The molecular weight excluding hydrogens is 285 g/mol. The number of rotatable bonds is 3. The molecule has 0 aliphatic rings. The molecule has 5 nitrogen and oxygen atoms in total. The third-order valence-electron chi connectivity index (χ3n) is 2.83. The van der Waals surface area contributed by atoms with Crippen LogP contribution in [0.15, 0.2) is 18.2 Å². The van der Waals surface area contributed by atoms with Gasteiger partial charge in [-0.1, -0.05) is 11.6 Å². The zero-order valence-electron chi connectivity index (χ0n) is 11.0. The van der Waals surface area contributed by atoms with Crippen LogP contribution in [0.3, 0.4) is 0 Å². The summed E-state index contributed by atoms with van der Waals surface area (Å²) in [5, 5.41) is 4.57. The van der Waals surface area contributed by atoms with Gasteiger partial charge in [-0.05, 0) is 25.1 Å². The minimum Gasteiger partial charge on any atom is -0.456 e. The molecule has 0 aliphatic heterocycles. The Morgan fingerprint density at radius 1 is 1.55 bits per heavy atom. The van der Waals surface area contributed by atoms with E-state index in [2.05, 4.69) is 5.10 Å². The number of nitrogens with two attached hydrogens (primary N) is 1. The number of carbonyl (C=O) groups is 1. The van der Waals surface area contributed by atoms with E-state index in [9.17, 15) is 9.18 Å². The zero-order chi connectivity index (χ0) is 14.9. The summed E-state index contributed by atoms with van der Waals surface area (Å²) in [6.45, 7) is 1.74. The first-order chi connectivity index (χ1) is 9.40. The second-order valence-electron chi connectivity index (χ2n) is 4.28. The summed E-state index contributed by atoms with van der Waals surface area (Å²) in [6, 6.07) is 3.66. The number of anilines is 1. The smallest absolute Gasteiger partial charge is 0.338 e. The summed E-state index contributed by atoms with van der Waals surface area (Å²) >= 11 is 6.05. The van der Waals surface area contributed by atoms with Gasteiger partial charge in [-0.15, -0.1) is 0 Å². The van der Waals surface area contributed by atoms with Gasteiger partial charge in [-0.2, -0.15) is 5.10 Å². The highest BCUT2D eigenvalue weighted by Gasteiger charge is 2.15. The van der Waals surface area contributed by atoms with Crippen LogP contribution >= 0.6 is 11.6 Å². The molecule has 0 aliphatic carbocycles. The van der Waals surface area contributed by atoms with Crippen molar-refractivity contribution in [2.24, 2.45) is 7.05 Å². The van der Waals surface area contributed by atoms with E-state index < -0.39 is 11.8 Å². The quantitative estimate of drug-likeness (QED) is 0.698. The molecule has 1 aromatic carbocycles. The molecule has 0 saturated heterocycles. The first kappa shape index (κ1) is 14.3. The SMILES string of the molecule is Cc1nn(C)c(COC(=O)c2ccc(F)c(N)c2)c1Cl. The molecule has 0 fully saturated rings. The molecule has 7 heteroatoms. The average molecular weight is 298 g/mol. The normalized spacial score (nSPS) is 10.6. The van der Waals surface area contributed by atoms with Crippen molar-refractivity contribution in [1.82, 2.24) is 9.78 Å². The highest BCUT2D eigenvalue weighted by molar-refractivity contribution is 6.31. The van der Waals surface area contributed by atoms with Crippen molar-refractivity contribution in [2.45, 2.75) is 13.5 Å². The van der Waals surface area contributed by atoms with Crippen LogP contribution in [0.4, 0.5) is 10.1 Å². The van der Waals surface area contributed by atoms with Crippen LogP contribution in [-0.2, 0) is 18.4 Å². The second-order valence-corrected chi connectivity index (χ2v) is 4.66. The maximum Gasteiger partial charge on any atom is 0.338 e. The summed E-state index contributed by atoms with van der Waals surface area (Å²) in [5.74, 6) is -1.18. The summed E-state index contributed by atoms with van der Waals surface area (Å²) in [6.07, 6.45) is 0. The lowest BCUT2D eigenvalue weighted by atomic mass is 10.2. The Morgan fingerprint density at radius 3 is 2.80 bits per heavy atom. The van der Waals surface area contributed by atoms with Crippen molar-refractivity contribution < 1.29 is 13.9 Å². The first-order valence-electron chi connectivity index (χ1n) is 5.80. The summed E-state index contributed by atoms with van der Waals surface area (Å²) in [4.78, 5) is 11.8. The third kappa shape index (κ3) is 2.75. The van der Waals surface area contributed by atoms with Crippen LogP contribution in [-0.4, -0.2) is 15.7 Å². The number of ether oxygens (including phenoxy) is 1. The average Bonchev–Trinajstić information content (AvgIpc) is 2.64. The Labute approximate surface area is 120 Å². The van der Waals surface area contributed by atoms with Gasteiger partial charge in [0, 0.05) is 7.05 Å². The van der Waals surface area contributed by atoms with Crippen LogP contribution in [0.2, 0.25) is 5.02 Å². The van der Waals surface area contributed by atoms with E-state index in [-0.39, 0.29) is 17.9 Å². The molecule has 0 amide bonds. The predicted octanol–water partition coefficient (Wildman–Crippen LogP) is 2.46. The molecule has 106 valence electrons. The van der Waals surface area contributed by atoms with Crippen LogP contribution in [0.1, 0.15) is 21.7 Å². The van der Waals surface area contributed by atoms with E-state index in [0.29, 0.717) is 16.4 Å². The lowest BCUT2D eigenvalue weighted by Crippen LogP contribution is -2.09.